The molecule has 3 aromatic rings. The van der Waals surface area contributed by atoms with E-state index in [2.05, 4.69) is 20.2 Å². The number of anilines is 1. The molecule has 0 atom stereocenters. The van der Waals surface area contributed by atoms with E-state index in [9.17, 15) is 22.8 Å². The molecule has 31 heavy (non-hydrogen) atoms. The molecule has 1 amide bonds. The highest BCUT2D eigenvalue weighted by molar-refractivity contribution is 7.18. The molecule has 2 N–H and O–H groups in total. The Balaban J connectivity index is 1.72. The highest BCUT2D eigenvalue weighted by atomic mass is 32.1. The highest BCUT2D eigenvalue weighted by Gasteiger charge is 2.39. The van der Waals surface area contributed by atoms with Gasteiger partial charge in [-0.25, -0.2) is 14.8 Å². The van der Waals surface area contributed by atoms with Crippen LogP contribution >= 0.6 is 11.3 Å². The molecule has 0 aliphatic carbocycles. The SMILES string of the molecule is CCc1cc2c(N3CCn4c(nnc4C(F)(F)F)C3)nc(C(=O)OCC(N)=O)nc2s1. The van der Waals surface area contributed by atoms with Crippen molar-refractivity contribution in [3.63, 3.8) is 0 Å². The number of hydrogen-bond acceptors (Lipinski definition) is 9. The molecule has 0 saturated heterocycles. The number of aromatic nitrogens is 5. The lowest BCUT2D eigenvalue weighted by atomic mass is 10.2. The number of halogens is 3. The van der Waals surface area contributed by atoms with Gasteiger partial charge in [0.15, 0.2) is 12.4 Å². The summed E-state index contributed by atoms with van der Waals surface area (Å²) in [6, 6.07) is 1.88. The number of rotatable bonds is 5. The second-order valence-corrected chi connectivity index (χ2v) is 7.82. The van der Waals surface area contributed by atoms with Gasteiger partial charge in [0.25, 0.3) is 5.91 Å². The fourth-order valence-corrected chi connectivity index (χ4v) is 4.17. The summed E-state index contributed by atoms with van der Waals surface area (Å²) >= 11 is 1.37. The molecule has 1 aliphatic rings. The standard InChI is InChI=1S/C17H16F3N7O3S/c1-2-8-5-9-13(22-12(23-14(9)31-8)15(29)30-7-10(21)28)26-3-4-27-11(6-26)24-25-16(27)17(18,19)20/h5H,2-4,6-7H2,1H3,(H2,21,28). The molecule has 10 nitrogen and oxygen atoms in total. The van der Waals surface area contributed by atoms with E-state index in [1.165, 1.54) is 11.3 Å². The third-order valence-corrected chi connectivity index (χ3v) is 5.78. The second-order valence-electron chi connectivity index (χ2n) is 6.71. The van der Waals surface area contributed by atoms with Gasteiger partial charge in [-0.15, -0.1) is 21.5 Å². The maximum Gasteiger partial charge on any atom is 0.451 e. The van der Waals surface area contributed by atoms with Crippen LogP contribution in [-0.2, 0) is 35.2 Å². The van der Waals surface area contributed by atoms with Crippen LogP contribution in [0.4, 0.5) is 19.0 Å². The minimum atomic E-state index is -4.60. The van der Waals surface area contributed by atoms with Crippen molar-refractivity contribution < 1.29 is 27.5 Å². The summed E-state index contributed by atoms with van der Waals surface area (Å²) in [5.74, 6) is -2.56. The second kappa shape index (κ2) is 7.76. The summed E-state index contributed by atoms with van der Waals surface area (Å²) in [4.78, 5) is 34.9. The Labute approximate surface area is 176 Å². The van der Waals surface area contributed by atoms with Crippen molar-refractivity contribution in [2.24, 2.45) is 5.73 Å². The van der Waals surface area contributed by atoms with Crippen LogP contribution in [0.25, 0.3) is 10.2 Å². The van der Waals surface area contributed by atoms with Crippen molar-refractivity contribution >= 4 is 39.2 Å². The predicted octanol–water partition coefficient (Wildman–Crippen LogP) is 1.53. The van der Waals surface area contributed by atoms with Crippen molar-refractivity contribution in [3.8, 4) is 0 Å². The summed E-state index contributed by atoms with van der Waals surface area (Å²) < 4.78 is 45.2. The van der Waals surface area contributed by atoms with Gasteiger partial charge in [0.1, 0.15) is 10.6 Å². The first kappa shape index (κ1) is 21.0. The van der Waals surface area contributed by atoms with Gasteiger partial charge in [-0.1, -0.05) is 6.92 Å². The molecule has 0 bridgehead atoms. The van der Waals surface area contributed by atoms with Gasteiger partial charge >= 0.3 is 12.1 Å². The van der Waals surface area contributed by atoms with Gasteiger partial charge in [0.05, 0.1) is 11.9 Å². The molecule has 1 aliphatic heterocycles. The van der Waals surface area contributed by atoms with Gasteiger partial charge in [-0.05, 0) is 12.5 Å². The molecule has 0 saturated carbocycles. The number of thiophene rings is 1. The number of esters is 1. The Morgan fingerprint density at radius 2 is 2.03 bits per heavy atom. The zero-order chi connectivity index (χ0) is 22.3. The monoisotopic (exact) mass is 455 g/mol. The summed E-state index contributed by atoms with van der Waals surface area (Å²) in [6.45, 7) is 1.54. The fourth-order valence-electron chi connectivity index (χ4n) is 3.21. The summed E-state index contributed by atoms with van der Waals surface area (Å²) in [5.41, 5.74) is 5.00. The fraction of sp³-hybridized carbons (Fsp3) is 0.412. The Morgan fingerprint density at radius 3 is 2.71 bits per heavy atom. The lowest BCUT2D eigenvalue weighted by molar-refractivity contribution is -0.147. The van der Waals surface area contributed by atoms with E-state index >= 15 is 0 Å². The Hall–Kier alpha value is -3.29. The minimum absolute atomic E-state index is 0.00506. The predicted molar refractivity (Wildman–Crippen MR) is 102 cm³/mol. The molecule has 0 spiro atoms. The van der Waals surface area contributed by atoms with E-state index in [1.54, 1.807) is 4.90 Å². The number of amides is 1. The summed E-state index contributed by atoms with van der Waals surface area (Å²) in [6.07, 6.45) is -3.87. The van der Waals surface area contributed by atoms with Crippen molar-refractivity contribution in [2.45, 2.75) is 32.6 Å². The third-order valence-electron chi connectivity index (χ3n) is 4.61. The van der Waals surface area contributed by atoms with E-state index in [0.29, 0.717) is 16.0 Å². The number of primary amides is 1. The minimum Gasteiger partial charge on any atom is -0.450 e. The first-order valence-electron chi connectivity index (χ1n) is 9.17. The Kier molecular flexibility index (Phi) is 5.24. The zero-order valence-electron chi connectivity index (χ0n) is 16.1. The first-order valence-corrected chi connectivity index (χ1v) is 9.99. The van der Waals surface area contributed by atoms with Crippen molar-refractivity contribution in [1.82, 2.24) is 24.7 Å². The molecule has 3 aromatic heterocycles. The van der Waals surface area contributed by atoms with Gasteiger partial charge < -0.3 is 19.9 Å². The molecule has 4 rings (SSSR count). The van der Waals surface area contributed by atoms with E-state index < -0.39 is 30.5 Å². The smallest absolute Gasteiger partial charge is 0.450 e. The number of ether oxygens (including phenoxy) is 1. The number of carbonyl (C=O) groups is 2. The molecule has 0 aromatic carbocycles. The number of carbonyl (C=O) groups excluding carboxylic acids is 2. The number of aryl methyl sites for hydroxylation is 1. The molecule has 4 heterocycles. The van der Waals surface area contributed by atoms with Crippen LogP contribution in [0, 0.1) is 0 Å². The Bertz CT molecular complexity index is 1170. The average Bonchev–Trinajstić information content (AvgIpc) is 3.34. The van der Waals surface area contributed by atoms with Crippen LogP contribution in [0.15, 0.2) is 6.07 Å². The number of hydrogen-bond donors (Lipinski definition) is 1. The largest absolute Gasteiger partial charge is 0.451 e. The van der Waals surface area contributed by atoms with Gasteiger partial charge in [-0.3, -0.25) is 4.79 Å². The van der Waals surface area contributed by atoms with Crippen molar-refractivity contribution in [1.29, 1.82) is 0 Å². The molecular weight excluding hydrogens is 439 g/mol. The van der Waals surface area contributed by atoms with Crippen molar-refractivity contribution in [2.75, 3.05) is 18.1 Å². The zero-order valence-corrected chi connectivity index (χ0v) is 17.0. The summed E-state index contributed by atoms with van der Waals surface area (Å²) in [5, 5.41) is 7.61. The number of nitrogens with zero attached hydrogens (tertiary/aromatic N) is 6. The lowest BCUT2D eigenvalue weighted by Crippen LogP contribution is -2.36. The van der Waals surface area contributed by atoms with E-state index in [1.807, 2.05) is 13.0 Å². The van der Waals surface area contributed by atoms with E-state index in [4.69, 9.17) is 10.5 Å². The van der Waals surface area contributed by atoms with Crippen LogP contribution in [0.1, 0.15) is 34.1 Å². The van der Waals surface area contributed by atoms with Crippen LogP contribution in [0.2, 0.25) is 0 Å². The van der Waals surface area contributed by atoms with E-state index in [0.717, 1.165) is 15.9 Å². The van der Waals surface area contributed by atoms with Crippen LogP contribution in [-0.4, -0.2) is 49.8 Å². The first-order chi connectivity index (χ1) is 14.7. The molecule has 0 fully saturated rings. The van der Waals surface area contributed by atoms with Crippen LogP contribution in [0.3, 0.4) is 0 Å². The van der Waals surface area contributed by atoms with Crippen molar-refractivity contribution in [3.05, 3.63) is 28.4 Å². The van der Waals surface area contributed by atoms with Crippen LogP contribution in [0.5, 0.6) is 0 Å². The van der Waals surface area contributed by atoms with E-state index in [-0.39, 0.29) is 31.3 Å². The molecule has 0 unspecified atom stereocenters. The van der Waals surface area contributed by atoms with Gasteiger partial charge in [0.2, 0.25) is 11.6 Å². The maximum absolute atomic E-state index is 13.1. The van der Waals surface area contributed by atoms with Gasteiger partial charge in [0, 0.05) is 18.0 Å². The molecular formula is C17H16F3N7O3S. The lowest BCUT2D eigenvalue weighted by Gasteiger charge is -2.29. The summed E-state index contributed by atoms with van der Waals surface area (Å²) in [7, 11) is 0. The number of fused-ring (bicyclic) bond motifs is 2. The highest BCUT2D eigenvalue weighted by Crippen LogP contribution is 2.34. The molecule has 0 radical (unpaired) electrons. The number of alkyl halides is 3. The van der Waals surface area contributed by atoms with Gasteiger partial charge in [-0.2, -0.15) is 13.2 Å². The number of nitrogens with two attached hydrogens (primary N) is 1. The quantitative estimate of drug-likeness (QED) is 0.574. The maximum atomic E-state index is 13.1. The Morgan fingerprint density at radius 1 is 1.26 bits per heavy atom. The topological polar surface area (TPSA) is 129 Å². The van der Waals surface area contributed by atoms with Crippen LogP contribution < -0.4 is 10.6 Å². The molecule has 14 heteroatoms. The normalized spacial score (nSPS) is 14.0. The average molecular weight is 455 g/mol. The molecule has 164 valence electrons. The third kappa shape index (κ3) is 4.02.